The standard InChI is InChI=1S/C25H29N3O3/c1-31-22-12-6-3-9-19(22)16-26-23(29)15-25(13-7-2-8-14-25)17-28-18-27-21-11-5-4-10-20(21)24(28)30/h3-6,9-12,18H,2,7-8,13-17H2,1H3,(H,26,29). The van der Waals surface area contributed by atoms with Crippen molar-refractivity contribution in [3.63, 3.8) is 0 Å². The minimum atomic E-state index is -0.225. The Morgan fingerprint density at radius 3 is 2.65 bits per heavy atom. The largest absolute Gasteiger partial charge is 0.496 e. The van der Waals surface area contributed by atoms with Gasteiger partial charge >= 0.3 is 0 Å². The first-order chi connectivity index (χ1) is 15.1. The Bertz CT molecular complexity index is 1120. The number of carbonyl (C=O) groups is 1. The zero-order valence-electron chi connectivity index (χ0n) is 18.0. The van der Waals surface area contributed by atoms with Gasteiger partial charge in [-0.25, -0.2) is 4.98 Å². The minimum Gasteiger partial charge on any atom is -0.496 e. The first-order valence-corrected chi connectivity index (χ1v) is 10.9. The molecule has 6 heteroatoms. The zero-order chi connectivity index (χ0) is 21.7. The Hall–Kier alpha value is -3.15. The van der Waals surface area contributed by atoms with Crippen molar-refractivity contribution in [2.24, 2.45) is 5.41 Å². The molecule has 0 spiro atoms. The summed E-state index contributed by atoms with van der Waals surface area (Å²) in [6.07, 6.45) is 7.25. The molecule has 1 aliphatic carbocycles. The van der Waals surface area contributed by atoms with Crippen molar-refractivity contribution in [1.29, 1.82) is 0 Å². The van der Waals surface area contributed by atoms with Gasteiger partial charge in [0.2, 0.25) is 5.91 Å². The summed E-state index contributed by atoms with van der Waals surface area (Å²) in [7, 11) is 1.63. The summed E-state index contributed by atoms with van der Waals surface area (Å²) in [4.78, 5) is 30.4. The van der Waals surface area contributed by atoms with E-state index in [1.807, 2.05) is 48.5 Å². The summed E-state index contributed by atoms with van der Waals surface area (Å²) in [6, 6.07) is 15.1. The van der Waals surface area contributed by atoms with Crippen molar-refractivity contribution < 1.29 is 9.53 Å². The second kappa shape index (κ2) is 9.33. The molecule has 0 aliphatic heterocycles. The minimum absolute atomic E-state index is 0.00889. The van der Waals surface area contributed by atoms with Crippen molar-refractivity contribution in [2.75, 3.05) is 7.11 Å². The molecule has 0 unspecified atom stereocenters. The van der Waals surface area contributed by atoms with Gasteiger partial charge in [0.1, 0.15) is 5.75 Å². The zero-order valence-corrected chi connectivity index (χ0v) is 18.0. The Balaban J connectivity index is 1.51. The molecular weight excluding hydrogens is 390 g/mol. The van der Waals surface area contributed by atoms with E-state index in [9.17, 15) is 9.59 Å². The normalized spacial score (nSPS) is 15.5. The van der Waals surface area contributed by atoms with Crippen LogP contribution in [0.1, 0.15) is 44.1 Å². The van der Waals surface area contributed by atoms with Crippen LogP contribution < -0.4 is 15.6 Å². The molecule has 1 heterocycles. The summed E-state index contributed by atoms with van der Waals surface area (Å²) >= 11 is 0. The number of ether oxygens (including phenoxy) is 1. The van der Waals surface area contributed by atoms with Gasteiger partial charge in [0, 0.05) is 25.1 Å². The summed E-state index contributed by atoms with van der Waals surface area (Å²) in [5.41, 5.74) is 1.39. The fourth-order valence-electron chi connectivity index (χ4n) is 4.72. The number of hydrogen-bond acceptors (Lipinski definition) is 4. The molecule has 0 radical (unpaired) electrons. The number of para-hydroxylation sites is 2. The van der Waals surface area contributed by atoms with Crippen LogP contribution in [0.3, 0.4) is 0 Å². The van der Waals surface area contributed by atoms with Gasteiger partial charge in [-0.1, -0.05) is 49.6 Å². The molecule has 6 nitrogen and oxygen atoms in total. The van der Waals surface area contributed by atoms with E-state index >= 15 is 0 Å². The number of benzene rings is 2. The second-order valence-electron chi connectivity index (χ2n) is 8.52. The third kappa shape index (κ3) is 4.79. The maximum atomic E-state index is 13.0. The molecule has 0 atom stereocenters. The van der Waals surface area contributed by atoms with Gasteiger partial charge in [0.05, 0.1) is 24.3 Å². The number of aromatic nitrogens is 2. The van der Waals surface area contributed by atoms with Crippen LogP contribution in [0.2, 0.25) is 0 Å². The summed E-state index contributed by atoms with van der Waals surface area (Å²) in [6.45, 7) is 0.947. The van der Waals surface area contributed by atoms with E-state index in [1.165, 1.54) is 6.42 Å². The van der Waals surface area contributed by atoms with E-state index in [0.29, 0.717) is 30.4 Å². The van der Waals surface area contributed by atoms with Gasteiger partial charge < -0.3 is 10.1 Å². The molecule has 1 aromatic heterocycles. The predicted molar refractivity (Wildman–Crippen MR) is 121 cm³/mol. The van der Waals surface area contributed by atoms with E-state index in [-0.39, 0.29) is 16.9 Å². The highest BCUT2D eigenvalue weighted by molar-refractivity contribution is 5.77. The quantitative estimate of drug-likeness (QED) is 0.627. The lowest BCUT2D eigenvalue weighted by atomic mass is 9.71. The van der Waals surface area contributed by atoms with Gasteiger partial charge in [-0.3, -0.25) is 14.2 Å². The molecule has 0 bridgehead atoms. The highest BCUT2D eigenvalue weighted by Crippen LogP contribution is 2.40. The molecule has 0 saturated heterocycles. The number of amides is 1. The SMILES string of the molecule is COc1ccccc1CNC(=O)CC1(Cn2cnc3ccccc3c2=O)CCCCC1. The van der Waals surface area contributed by atoms with Crippen LogP contribution in [0.15, 0.2) is 59.7 Å². The third-order valence-corrected chi connectivity index (χ3v) is 6.36. The lowest BCUT2D eigenvalue weighted by Gasteiger charge is -2.37. The molecule has 3 aromatic rings. The molecule has 4 rings (SSSR count). The lowest BCUT2D eigenvalue weighted by molar-refractivity contribution is -0.124. The molecular formula is C25H29N3O3. The average molecular weight is 420 g/mol. The molecule has 1 fully saturated rings. The van der Waals surface area contributed by atoms with Gasteiger partial charge in [-0.05, 0) is 36.5 Å². The number of carbonyl (C=O) groups excluding carboxylic acids is 1. The first kappa shape index (κ1) is 21.1. The fraction of sp³-hybridized carbons (Fsp3) is 0.400. The number of nitrogens with zero attached hydrogens (tertiary/aromatic N) is 2. The Morgan fingerprint density at radius 2 is 1.84 bits per heavy atom. The van der Waals surface area contributed by atoms with E-state index in [1.54, 1.807) is 18.0 Å². The molecule has 162 valence electrons. The monoisotopic (exact) mass is 419 g/mol. The highest BCUT2D eigenvalue weighted by atomic mass is 16.5. The number of rotatable bonds is 7. The van der Waals surface area contributed by atoms with E-state index in [2.05, 4.69) is 10.3 Å². The van der Waals surface area contributed by atoms with E-state index in [4.69, 9.17) is 4.74 Å². The van der Waals surface area contributed by atoms with Crippen LogP contribution in [0.25, 0.3) is 10.9 Å². The van der Waals surface area contributed by atoms with E-state index in [0.717, 1.165) is 37.0 Å². The van der Waals surface area contributed by atoms with Crippen LogP contribution in [-0.4, -0.2) is 22.6 Å². The molecule has 31 heavy (non-hydrogen) atoms. The van der Waals surface area contributed by atoms with Gasteiger partial charge in [0.25, 0.3) is 5.56 Å². The molecule has 1 saturated carbocycles. The molecule has 2 aromatic carbocycles. The van der Waals surface area contributed by atoms with Gasteiger partial charge in [-0.15, -0.1) is 0 Å². The van der Waals surface area contributed by atoms with Crippen LogP contribution in [0.5, 0.6) is 5.75 Å². The third-order valence-electron chi connectivity index (χ3n) is 6.36. The Morgan fingerprint density at radius 1 is 1.10 bits per heavy atom. The number of hydrogen-bond donors (Lipinski definition) is 1. The maximum Gasteiger partial charge on any atom is 0.261 e. The smallest absolute Gasteiger partial charge is 0.261 e. The van der Waals surface area contributed by atoms with Crippen molar-refractivity contribution in [1.82, 2.24) is 14.9 Å². The van der Waals surface area contributed by atoms with Crippen LogP contribution in [0, 0.1) is 5.41 Å². The van der Waals surface area contributed by atoms with Gasteiger partial charge in [0.15, 0.2) is 0 Å². The van der Waals surface area contributed by atoms with Gasteiger partial charge in [-0.2, -0.15) is 0 Å². The summed E-state index contributed by atoms with van der Waals surface area (Å²) in [5.74, 6) is 0.776. The Kier molecular flexibility index (Phi) is 6.35. The summed E-state index contributed by atoms with van der Waals surface area (Å²) < 4.78 is 7.07. The number of nitrogens with one attached hydrogen (secondary N) is 1. The molecule has 1 aliphatic rings. The van der Waals surface area contributed by atoms with Crippen LogP contribution >= 0.6 is 0 Å². The van der Waals surface area contributed by atoms with Crippen LogP contribution in [0.4, 0.5) is 0 Å². The lowest BCUT2D eigenvalue weighted by Crippen LogP contribution is -2.38. The predicted octanol–water partition coefficient (Wildman–Crippen LogP) is 4.06. The van der Waals surface area contributed by atoms with Crippen molar-refractivity contribution in [2.45, 2.75) is 51.6 Å². The highest BCUT2D eigenvalue weighted by Gasteiger charge is 2.35. The Labute approximate surface area is 182 Å². The fourth-order valence-corrected chi connectivity index (χ4v) is 4.72. The molecule has 1 amide bonds. The number of fused-ring (bicyclic) bond motifs is 1. The number of methoxy groups -OCH3 is 1. The topological polar surface area (TPSA) is 73.2 Å². The maximum absolute atomic E-state index is 13.0. The second-order valence-corrected chi connectivity index (χ2v) is 8.52. The van der Waals surface area contributed by atoms with Crippen molar-refractivity contribution in [3.8, 4) is 5.75 Å². The van der Waals surface area contributed by atoms with E-state index < -0.39 is 0 Å². The summed E-state index contributed by atoms with van der Waals surface area (Å²) in [5, 5.41) is 3.68. The molecule has 1 N–H and O–H groups in total. The average Bonchev–Trinajstić information content (AvgIpc) is 2.80. The van der Waals surface area contributed by atoms with Crippen LogP contribution in [-0.2, 0) is 17.9 Å². The first-order valence-electron chi connectivity index (χ1n) is 10.9. The van der Waals surface area contributed by atoms with Crippen molar-refractivity contribution in [3.05, 3.63) is 70.8 Å². The van der Waals surface area contributed by atoms with Crippen molar-refractivity contribution >= 4 is 16.8 Å².